The van der Waals surface area contributed by atoms with Crippen LogP contribution in [0.4, 0.5) is 23.7 Å². The van der Waals surface area contributed by atoms with Gasteiger partial charge in [0.05, 0.1) is 22.6 Å². The van der Waals surface area contributed by atoms with E-state index in [1.807, 2.05) is 4.90 Å². The van der Waals surface area contributed by atoms with E-state index < -0.39 is 39.3 Å². The lowest BCUT2D eigenvalue weighted by Crippen LogP contribution is -2.52. The highest BCUT2D eigenvalue weighted by molar-refractivity contribution is 7.90. The summed E-state index contributed by atoms with van der Waals surface area (Å²) in [5.74, 6) is -1.69. The number of carbonyl (C=O) groups is 1. The molecule has 1 fully saturated rings. The first-order valence-corrected chi connectivity index (χ1v) is 14.1. The first-order valence-electron chi connectivity index (χ1n) is 12.2. The number of benzene rings is 1. The van der Waals surface area contributed by atoms with E-state index in [0.717, 1.165) is 18.4 Å². The van der Waals surface area contributed by atoms with Crippen LogP contribution in [0.3, 0.4) is 0 Å². The molecule has 1 amide bonds. The van der Waals surface area contributed by atoms with E-state index in [2.05, 4.69) is 9.98 Å². The Labute approximate surface area is 224 Å². The van der Waals surface area contributed by atoms with Crippen molar-refractivity contribution in [3.05, 3.63) is 34.7 Å². The smallest absolute Gasteiger partial charge is 0.410 e. The molecular formula is C25H31F3N6O4S. The fourth-order valence-corrected chi connectivity index (χ4v) is 5.49. The molecule has 0 spiro atoms. The summed E-state index contributed by atoms with van der Waals surface area (Å²) in [6.07, 6.45) is -0.783. The van der Waals surface area contributed by atoms with Crippen molar-refractivity contribution in [1.82, 2.24) is 14.7 Å². The molecule has 10 nitrogen and oxygen atoms in total. The number of amides is 1. The van der Waals surface area contributed by atoms with Crippen LogP contribution in [-0.4, -0.2) is 92.6 Å². The van der Waals surface area contributed by atoms with Gasteiger partial charge in [0.1, 0.15) is 23.2 Å². The molecule has 39 heavy (non-hydrogen) atoms. The van der Waals surface area contributed by atoms with Crippen molar-refractivity contribution in [3.8, 4) is 0 Å². The Morgan fingerprint density at radius 3 is 2.31 bits per heavy atom. The molecule has 3 aliphatic rings. The second-order valence-electron chi connectivity index (χ2n) is 10.6. The number of amidine groups is 1. The largest absolute Gasteiger partial charge is 0.444 e. The number of rotatable bonds is 2. The van der Waals surface area contributed by atoms with Gasteiger partial charge in [-0.2, -0.15) is 13.2 Å². The summed E-state index contributed by atoms with van der Waals surface area (Å²) in [5.41, 5.74) is 4.86. The Hall–Kier alpha value is -3.55. The predicted molar refractivity (Wildman–Crippen MR) is 141 cm³/mol. The molecule has 1 saturated heterocycles. The van der Waals surface area contributed by atoms with Crippen LogP contribution >= 0.6 is 0 Å². The lowest BCUT2D eigenvalue weighted by molar-refractivity contribution is -0.146. The van der Waals surface area contributed by atoms with E-state index in [1.165, 1.54) is 18.5 Å². The number of hydrogen-bond donors (Lipinski definition) is 1. The van der Waals surface area contributed by atoms with Crippen molar-refractivity contribution in [2.75, 3.05) is 39.5 Å². The van der Waals surface area contributed by atoms with Crippen LogP contribution in [0.25, 0.3) is 11.5 Å². The molecule has 0 aromatic heterocycles. The van der Waals surface area contributed by atoms with Crippen LogP contribution in [0.1, 0.15) is 20.8 Å². The molecule has 2 N–H and O–H groups in total. The first kappa shape index (κ1) is 28.5. The van der Waals surface area contributed by atoms with Crippen LogP contribution in [0.2, 0.25) is 0 Å². The molecule has 3 aliphatic heterocycles. The van der Waals surface area contributed by atoms with Gasteiger partial charge in [-0.1, -0.05) is 6.08 Å². The van der Waals surface area contributed by atoms with Crippen LogP contribution in [0.5, 0.6) is 0 Å². The summed E-state index contributed by atoms with van der Waals surface area (Å²) in [4.78, 5) is 25.7. The van der Waals surface area contributed by atoms with E-state index in [-0.39, 0.29) is 21.6 Å². The number of halogens is 3. The van der Waals surface area contributed by atoms with Gasteiger partial charge in [-0.05, 0) is 39.0 Å². The van der Waals surface area contributed by atoms with E-state index in [9.17, 15) is 26.4 Å². The maximum Gasteiger partial charge on any atom is 0.410 e. The minimum Gasteiger partial charge on any atom is -0.444 e. The highest BCUT2D eigenvalue weighted by Gasteiger charge is 2.42. The third kappa shape index (κ3) is 6.05. The van der Waals surface area contributed by atoms with Gasteiger partial charge in [0.2, 0.25) is 0 Å². The number of nitrogens with zero attached hydrogens (tertiary/aromatic N) is 5. The van der Waals surface area contributed by atoms with Gasteiger partial charge in [-0.25, -0.2) is 23.2 Å². The van der Waals surface area contributed by atoms with Crippen molar-refractivity contribution in [2.24, 2.45) is 21.6 Å². The van der Waals surface area contributed by atoms with Gasteiger partial charge in [0, 0.05) is 49.9 Å². The number of hydrogen-bond acceptors (Lipinski definition) is 9. The summed E-state index contributed by atoms with van der Waals surface area (Å²) in [5, 5.41) is 0.226. The Balaban J connectivity index is 1.85. The van der Waals surface area contributed by atoms with Gasteiger partial charge in [0.15, 0.2) is 9.84 Å². The van der Waals surface area contributed by atoms with Gasteiger partial charge < -0.3 is 25.2 Å². The zero-order chi connectivity index (χ0) is 28.9. The second-order valence-corrected chi connectivity index (χ2v) is 12.6. The average Bonchev–Trinajstić information content (AvgIpc) is 2.81. The number of piperazine rings is 1. The quantitative estimate of drug-likeness (QED) is 0.575. The predicted octanol–water partition coefficient (Wildman–Crippen LogP) is 1.53. The van der Waals surface area contributed by atoms with Crippen LogP contribution < -0.4 is 16.2 Å². The molecule has 4 rings (SSSR count). The summed E-state index contributed by atoms with van der Waals surface area (Å²) in [7, 11) is -2.27. The molecule has 14 heteroatoms. The number of aliphatic imine (C=N–C) groups is 2. The SMILES string of the molecule is CN1C=Nc2cc(=C3N=C(N)C=CC3C(F)(F)F)c(S(C)(=O)=O)cc2=C1N1CCN(C(=O)OC(C)(C)C)CC1. The van der Waals surface area contributed by atoms with Crippen molar-refractivity contribution in [1.29, 1.82) is 0 Å². The number of ether oxygens (including phenoxy) is 1. The lowest BCUT2D eigenvalue weighted by atomic mass is 9.99. The van der Waals surface area contributed by atoms with E-state index in [0.29, 0.717) is 37.2 Å². The maximum absolute atomic E-state index is 13.9. The molecule has 0 aliphatic carbocycles. The Morgan fingerprint density at radius 1 is 1.10 bits per heavy atom. The van der Waals surface area contributed by atoms with Crippen molar-refractivity contribution >= 4 is 45.3 Å². The summed E-state index contributed by atoms with van der Waals surface area (Å²) in [6.45, 7) is 6.92. The molecule has 1 unspecified atom stereocenters. The zero-order valence-corrected chi connectivity index (χ0v) is 23.1. The normalized spacial score (nSPS) is 21.6. The van der Waals surface area contributed by atoms with Gasteiger partial charge in [-0.3, -0.25) is 0 Å². The van der Waals surface area contributed by atoms with Gasteiger partial charge in [-0.15, -0.1) is 0 Å². The summed E-state index contributed by atoms with van der Waals surface area (Å²) >= 11 is 0. The van der Waals surface area contributed by atoms with Crippen LogP contribution in [-0.2, 0) is 14.6 Å². The standard InChI is InChI=1S/C25H31F3N6O4S/c1-24(2,3)38-23(35)34-10-8-33(9-11-34)22-15-13-19(39(5,36)37)16(12-18(15)30-14-32(22)4)21-17(25(26,27)28)6-7-20(29)31-21/h6-7,12-14,17H,8-11H2,1-5H3,(H2,29,31). The Kier molecular flexibility index (Phi) is 7.21. The number of fused-ring (bicyclic) bond motifs is 1. The number of alkyl halides is 3. The van der Waals surface area contributed by atoms with Crippen molar-refractivity contribution < 1.29 is 31.1 Å². The van der Waals surface area contributed by atoms with Crippen LogP contribution in [0.15, 0.2) is 39.2 Å². The number of nitrogens with two attached hydrogens (primary N) is 1. The molecule has 3 heterocycles. The highest BCUT2D eigenvalue weighted by Crippen LogP contribution is 2.36. The number of dihydropyridines is 1. The monoisotopic (exact) mass is 568 g/mol. The Bertz CT molecular complexity index is 1500. The van der Waals surface area contributed by atoms with E-state index in [4.69, 9.17) is 10.5 Å². The summed E-state index contributed by atoms with van der Waals surface area (Å²) in [6, 6.07) is 2.66. The van der Waals surface area contributed by atoms with Gasteiger partial charge in [0.25, 0.3) is 0 Å². The minimum absolute atomic E-state index is 0.166. The average molecular weight is 569 g/mol. The van der Waals surface area contributed by atoms with E-state index >= 15 is 0 Å². The van der Waals surface area contributed by atoms with E-state index in [1.54, 1.807) is 37.6 Å². The first-order chi connectivity index (χ1) is 18.0. The van der Waals surface area contributed by atoms with Gasteiger partial charge >= 0.3 is 12.3 Å². The lowest BCUT2D eigenvalue weighted by Gasteiger charge is -2.40. The molecule has 1 aromatic rings. The third-order valence-corrected chi connectivity index (χ3v) is 7.44. The molecule has 0 radical (unpaired) electrons. The molecule has 1 atom stereocenters. The molecule has 0 saturated carbocycles. The fourth-order valence-electron chi connectivity index (χ4n) is 4.60. The molecule has 0 bridgehead atoms. The zero-order valence-electron chi connectivity index (χ0n) is 22.3. The molecule has 212 valence electrons. The number of carbonyl (C=O) groups excluding carboxylic acids is 1. The number of sulfone groups is 1. The highest BCUT2D eigenvalue weighted by atomic mass is 32.2. The van der Waals surface area contributed by atoms with Crippen molar-refractivity contribution in [2.45, 2.75) is 37.4 Å². The summed E-state index contributed by atoms with van der Waals surface area (Å²) < 4.78 is 72.9. The third-order valence-electron chi connectivity index (χ3n) is 6.31. The van der Waals surface area contributed by atoms with Crippen LogP contribution in [0, 0.1) is 5.92 Å². The topological polar surface area (TPSA) is 121 Å². The molecular weight excluding hydrogens is 537 g/mol. The van der Waals surface area contributed by atoms with Crippen molar-refractivity contribution in [3.63, 3.8) is 0 Å². The fraction of sp³-hybridized carbons (Fsp3) is 0.480. The molecule has 1 aromatic carbocycles. The second kappa shape index (κ2) is 9.88. The maximum atomic E-state index is 13.9. The minimum atomic E-state index is -4.71. The Morgan fingerprint density at radius 2 is 1.74 bits per heavy atom.